The summed E-state index contributed by atoms with van der Waals surface area (Å²) in [6, 6.07) is 6.06. The molecule has 1 aliphatic carbocycles. The molecule has 26 heavy (non-hydrogen) atoms. The zero-order chi connectivity index (χ0) is 18.8. The topological polar surface area (TPSA) is 122 Å². The summed E-state index contributed by atoms with van der Waals surface area (Å²) >= 11 is 0. The van der Waals surface area contributed by atoms with E-state index in [2.05, 4.69) is 10.6 Å². The van der Waals surface area contributed by atoms with Crippen LogP contribution in [0.1, 0.15) is 32.1 Å². The Morgan fingerprint density at radius 3 is 2.65 bits per heavy atom. The van der Waals surface area contributed by atoms with Crippen molar-refractivity contribution in [1.82, 2.24) is 9.62 Å². The molecule has 142 valence electrons. The van der Waals surface area contributed by atoms with Gasteiger partial charge in [0, 0.05) is 18.8 Å². The van der Waals surface area contributed by atoms with Gasteiger partial charge in [0.25, 0.3) is 0 Å². The lowest BCUT2D eigenvalue weighted by molar-refractivity contribution is -0.123. The summed E-state index contributed by atoms with van der Waals surface area (Å²) in [5.74, 6) is -0.615. The van der Waals surface area contributed by atoms with Gasteiger partial charge in [0.1, 0.15) is 0 Å². The molecule has 1 saturated heterocycles. The van der Waals surface area contributed by atoms with E-state index in [-0.39, 0.29) is 36.3 Å². The van der Waals surface area contributed by atoms with Gasteiger partial charge < -0.3 is 16.4 Å². The number of benzene rings is 1. The van der Waals surface area contributed by atoms with E-state index >= 15 is 0 Å². The second-order valence-electron chi connectivity index (χ2n) is 6.89. The minimum absolute atomic E-state index is 0.0414. The molecule has 2 amide bonds. The number of carbonyl (C=O) groups excluding carboxylic acids is 2. The highest BCUT2D eigenvalue weighted by molar-refractivity contribution is 7.89. The molecule has 0 aromatic heterocycles. The lowest BCUT2D eigenvalue weighted by Crippen LogP contribution is -2.52. The molecule has 3 rings (SSSR count). The van der Waals surface area contributed by atoms with Crippen molar-refractivity contribution in [3.63, 3.8) is 0 Å². The third kappa shape index (κ3) is 3.89. The summed E-state index contributed by atoms with van der Waals surface area (Å²) in [4.78, 5) is 24.1. The van der Waals surface area contributed by atoms with Crippen LogP contribution >= 0.6 is 0 Å². The number of rotatable bonds is 4. The second kappa shape index (κ2) is 7.34. The first-order valence-corrected chi connectivity index (χ1v) is 10.2. The van der Waals surface area contributed by atoms with Crippen LogP contribution in [-0.4, -0.2) is 49.7 Å². The highest BCUT2D eigenvalue weighted by atomic mass is 32.2. The predicted octanol–water partition coefficient (Wildman–Crippen LogP) is 0.407. The summed E-state index contributed by atoms with van der Waals surface area (Å²) < 4.78 is 26.6. The van der Waals surface area contributed by atoms with E-state index in [1.54, 1.807) is 12.1 Å². The smallest absolute Gasteiger partial charge is 0.244 e. The number of nitrogens with zero attached hydrogens (tertiary/aromatic N) is 1. The molecule has 1 aromatic carbocycles. The van der Waals surface area contributed by atoms with Gasteiger partial charge >= 0.3 is 0 Å². The third-order valence-electron chi connectivity index (χ3n) is 4.93. The first-order chi connectivity index (χ1) is 12.3. The number of piperazine rings is 1. The molecule has 1 saturated carbocycles. The summed E-state index contributed by atoms with van der Waals surface area (Å²) in [5.41, 5.74) is 5.70. The number of hydrogen-bond donors (Lipinski definition) is 3. The summed E-state index contributed by atoms with van der Waals surface area (Å²) in [7, 11) is -3.80. The van der Waals surface area contributed by atoms with Gasteiger partial charge in [0.15, 0.2) is 0 Å². The van der Waals surface area contributed by atoms with Crippen molar-refractivity contribution in [2.45, 2.75) is 42.5 Å². The Labute approximate surface area is 153 Å². The first kappa shape index (κ1) is 18.8. The second-order valence-corrected chi connectivity index (χ2v) is 8.83. The standard InChI is InChI=1S/C17H24N4O4S/c18-17(7-2-1-3-8-17)16(23)20-13-5-4-6-14(11-13)26(24,25)21-10-9-19-15(22)12-21/h4-6,11H,1-3,7-10,12,18H2,(H,19,22)(H,20,23). The van der Waals surface area contributed by atoms with Crippen LogP contribution in [0.3, 0.4) is 0 Å². The lowest BCUT2D eigenvalue weighted by atomic mass is 9.82. The molecular formula is C17H24N4O4S. The number of sulfonamides is 1. The molecule has 0 spiro atoms. The van der Waals surface area contributed by atoms with Crippen LogP contribution in [0, 0.1) is 0 Å². The van der Waals surface area contributed by atoms with Crippen molar-refractivity contribution in [3.8, 4) is 0 Å². The fourth-order valence-electron chi connectivity index (χ4n) is 3.37. The molecule has 2 aliphatic rings. The fourth-order valence-corrected chi connectivity index (χ4v) is 4.81. The Hall–Kier alpha value is -1.97. The van der Waals surface area contributed by atoms with E-state index < -0.39 is 15.6 Å². The Morgan fingerprint density at radius 2 is 1.96 bits per heavy atom. The van der Waals surface area contributed by atoms with E-state index in [0.717, 1.165) is 23.6 Å². The third-order valence-corrected chi connectivity index (χ3v) is 6.77. The lowest BCUT2D eigenvalue weighted by Gasteiger charge is -2.31. The van der Waals surface area contributed by atoms with Gasteiger partial charge in [-0.3, -0.25) is 9.59 Å². The maximum absolute atomic E-state index is 12.7. The summed E-state index contributed by atoms with van der Waals surface area (Å²) in [6.07, 6.45) is 4.15. The Morgan fingerprint density at radius 1 is 1.23 bits per heavy atom. The summed E-state index contributed by atoms with van der Waals surface area (Å²) in [6.45, 7) is 0.297. The number of carbonyl (C=O) groups is 2. The van der Waals surface area contributed by atoms with Gasteiger partial charge in [-0.1, -0.05) is 25.3 Å². The van der Waals surface area contributed by atoms with Crippen molar-refractivity contribution in [2.24, 2.45) is 5.73 Å². The first-order valence-electron chi connectivity index (χ1n) is 8.78. The van der Waals surface area contributed by atoms with Gasteiger partial charge in [-0.25, -0.2) is 8.42 Å². The number of hydrogen-bond acceptors (Lipinski definition) is 5. The largest absolute Gasteiger partial charge is 0.354 e. The average Bonchev–Trinajstić information content (AvgIpc) is 2.62. The van der Waals surface area contributed by atoms with E-state index in [1.165, 1.54) is 12.1 Å². The van der Waals surface area contributed by atoms with Crippen molar-refractivity contribution < 1.29 is 18.0 Å². The molecule has 0 atom stereocenters. The van der Waals surface area contributed by atoms with Crippen LogP contribution in [0.25, 0.3) is 0 Å². The molecule has 0 unspecified atom stereocenters. The van der Waals surface area contributed by atoms with Crippen LogP contribution in [0.15, 0.2) is 29.2 Å². The fraction of sp³-hybridized carbons (Fsp3) is 0.529. The quantitative estimate of drug-likeness (QED) is 0.698. The molecular weight excluding hydrogens is 356 g/mol. The zero-order valence-electron chi connectivity index (χ0n) is 14.5. The molecule has 4 N–H and O–H groups in total. The van der Waals surface area contributed by atoms with Crippen LogP contribution in [-0.2, 0) is 19.6 Å². The van der Waals surface area contributed by atoms with Gasteiger partial charge in [-0.05, 0) is 31.0 Å². The maximum atomic E-state index is 12.7. The maximum Gasteiger partial charge on any atom is 0.244 e. The van der Waals surface area contributed by atoms with Gasteiger partial charge in [-0.15, -0.1) is 0 Å². The predicted molar refractivity (Wildman–Crippen MR) is 96.8 cm³/mol. The van der Waals surface area contributed by atoms with Crippen LogP contribution in [0.2, 0.25) is 0 Å². The van der Waals surface area contributed by atoms with E-state index in [9.17, 15) is 18.0 Å². The zero-order valence-corrected chi connectivity index (χ0v) is 15.3. The Kier molecular flexibility index (Phi) is 5.31. The van der Waals surface area contributed by atoms with Crippen molar-refractivity contribution >= 4 is 27.5 Å². The van der Waals surface area contributed by atoms with E-state index in [4.69, 9.17) is 5.73 Å². The molecule has 0 radical (unpaired) electrons. The van der Waals surface area contributed by atoms with Crippen molar-refractivity contribution in [2.75, 3.05) is 25.0 Å². The minimum Gasteiger partial charge on any atom is -0.354 e. The summed E-state index contributed by atoms with van der Waals surface area (Å²) in [5, 5.41) is 5.35. The van der Waals surface area contributed by atoms with Gasteiger partial charge in [-0.2, -0.15) is 4.31 Å². The number of amides is 2. The monoisotopic (exact) mass is 380 g/mol. The molecule has 1 aromatic rings. The van der Waals surface area contributed by atoms with Crippen LogP contribution in [0.4, 0.5) is 5.69 Å². The molecule has 0 bridgehead atoms. The highest BCUT2D eigenvalue weighted by Crippen LogP contribution is 2.28. The molecule has 2 fully saturated rings. The minimum atomic E-state index is -3.80. The Bertz CT molecular complexity index is 803. The van der Waals surface area contributed by atoms with Crippen LogP contribution < -0.4 is 16.4 Å². The van der Waals surface area contributed by atoms with Gasteiger partial charge in [0.2, 0.25) is 21.8 Å². The van der Waals surface area contributed by atoms with E-state index in [0.29, 0.717) is 18.5 Å². The van der Waals surface area contributed by atoms with Gasteiger partial charge in [0.05, 0.1) is 17.0 Å². The van der Waals surface area contributed by atoms with Crippen molar-refractivity contribution in [1.29, 1.82) is 0 Å². The molecule has 1 heterocycles. The average molecular weight is 380 g/mol. The number of anilines is 1. The van der Waals surface area contributed by atoms with E-state index in [1.807, 2.05) is 0 Å². The number of nitrogens with two attached hydrogens (primary N) is 1. The molecule has 8 nitrogen and oxygen atoms in total. The Balaban J connectivity index is 1.77. The van der Waals surface area contributed by atoms with Crippen LogP contribution in [0.5, 0.6) is 0 Å². The SMILES string of the molecule is NC1(C(=O)Nc2cccc(S(=O)(=O)N3CCNC(=O)C3)c2)CCCCC1. The molecule has 1 aliphatic heterocycles. The number of nitrogens with one attached hydrogen (secondary N) is 2. The van der Waals surface area contributed by atoms with Crippen molar-refractivity contribution in [3.05, 3.63) is 24.3 Å². The molecule has 9 heteroatoms. The normalized spacial score (nSPS) is 21.0. The highest BCUT2D eigenvalue weighted by Gasteiger charge is 2.35.